The minimum absolute atomic E-state index is 0.584. The van der Waals surface area contributed by atoms with Crippen molar-refractivity contribution in [3.63, 3.8) is 0 Å². The lowest BCUT2D eigenvalue weighted by Crippen LogP contribution is -2.28. The molecule has 0 fully saturated rings. The van der Waals surface area contributed by atoms with E-state index in [1.165, 1.54) is 5.56 Å². The first-order valence-corrected chi connectivity index (χ1v) is 15.2. The van der Waals surface area contributed by atoms with Gasteiger partial charge in [0.05, 0.1) is 0 Å². The van der Waals surface area contributed by atoms with Crippen LogP contribution in [0, 0.1) is 0 Å². The predicted molar refractivity (Wildman–Crippen MR) is 150 cm³/mol. The number of halogens is 3. The van der Waals surface area contributed by atoms with Crippen molar-refractivity contribution in [3.05, 3.63) is 89.5 Å². The van der Waals surface area contributed by atoms with Crippen LogP contribution in [0.4, 0.5) is 13.2 Å². The summed E-state index contributed by atoms with van der Waals surface area (Å²) in [5.41, 5.74) is 3.18. The zero-order chi connectivity index (χ0) is 27.6. The van der Waals surface area contributed by atoms with Gasteiger partial charge in [-0.1, -0.05) is 88.6 Å². The van der Waals surface area contributed by atoms with Crippen LogP contribution in [0.3, 0.4) is 0 Å². The first-order valence-electron chi connectivity index (χ1n) is 13.7. The molecule has 2 nitrogen and oxygen atoms in total. The summed E-state index contributed by atoms with van der Waals surface area (Å²) in [6.45, 7) is 6.37. The molecule has 0 heterocycles. The number of hydrogen-bond donors (Lipinski definition) is 0. The second-order valence-electron chi connectivity index (χ2n) is 9.60. The summed E-state index contributed by atoms with van der Waals surface area (Å²) in [6.07, 6.45) is 3.00. The van der Waals surface area contributed by atoms with E-state index in [1.807, 2.05) is 12.1 Å². The maximum atomic E-state index is 13.9. The van der Waals surface area contributed by atoms with Gasteiger partial charge in [0.15, 0.2) is 0 Å². The minimum atomic E-state index is -5.12. The summed E-state index contributed by atoms with van der Waals surface area (Å²) in [5, 5.41) is 0. The van der Waals surface area contributed by atoms with E-state index in [2.05, 4.69) is 32.9 Å². The highest BCUT2D eigenvalue weighted by Gasteiger charge is 2.48. The molecule has 38 heavy (non-hydrogen) atoms. The Morgan fingerprint density at radius 3 is 1.53 bits per heavy atom. The Labute approximate surface area is 227 Å². The smallest absolute Gasteiger partial charge is 0.395 e. The molecule has 0 amide bonds. The summed E-state index contributed by atoms with van der Waals surface area (Å²) in [6, 6.07) is 22.4. The normalized spacial score (nSPS) is 12.4. The standard InChI is InChI=1S/C32H39F3O2S/c1-4-7-16-25-23-26(17-8-5-2)30(27(24-25)18-9-6-3)38(28-19-12-10-13-20-28,29-21-14-11-15-22-29)37-31(36)32(33,34)35/h10-15,19-24H,4-9,16-18H2,1-3H3. The lowest BCUT2D eigenvalue weighted by molar-refractivity contribution is -0.188. The summed E-state index contributed by atoms with van der Waals surface area (Å²) in [7, 11) is -3.04. The third kappa shape index (κ3) is 7.02. The van der Waals surface area contributed by atoms with Crippen LogP contribution in [-0.4, -0.2) is 12.1 Å². The molecular formula is C32H39F3O2S. The molecule has 3 aromatic rings. The zero-order valence-corrected chi connectivity index (χ0v) is 23.5. The quantitative estimate of drug-likeness (QED) is 0.214. The molecule has 3 rings (SSSR count). The first-order chi connectivity index (χ1) is 18.3. The Hall–Kier alpha value is -2.73. The highest BCUT2D eigenvalue weighted by atomic mass is 32.3. The predicted octanol–water partition coefficient (Wildman–Crippen LogP) is 10.0. The average Bonchev–Trinajstić information content (AvgIpc) is 2.92. The highest BCUT2D eigenvalue weighted by molar-refractivity contribution is 8.30. The topological polar surface area (TPSA) is 26.3 Å². The van der Waals surface area contributed by atoms with Crippen molar-refractivity contribution in [2.45, 2.75) is 99.4 Å². The van der Waals surface area contributed by atoms with Crippen LogP contribution in [0.25, 0.3) is 0 Å². The highest BCUT2D eigenvalue weighted by Crippen LogP contribution is 2.71. The molecule has 0 aliphatic carbocycles. The number of unbranched alkanes of at least 4 members (excludes halogenated alkanes) is 3. The van der Waals surface area contributed by atoms with Gasteiger partial charge in [0.25, 0.3) is 0 Å². The van der Waals surface area contributed by atoms with Crippen molar-refractivity contribution in [1.82, 2.24) is 0 Å². The van der Waals surface area contributed by atoms with Crippen LogP contribution in [0.15, 0.2) is 87.5 Å². The van der Waals surface area contributed by atoms with Gasteiger partial charge >= 0.3 is 12.1 Å². The van der Waals surface area contributed by atoms with Gasteiger partial charge in [-0.15, -0.1) is 0 Å². The molecule has 206 valence electrons. The molecule has 6 heteroatoms. The molecule has 0 unspecified atom stereocenters. The Morgan fingerprint density at radius 2 is 1.13 bits per heavy atom. The second-order valence-corrected chi connectivity index (χ2v) is 12.2. The molecular weight excluding hydrogens is 505 g/mol. The van der Waals surface area contributed by atoms with Crippen LogP contribution in [0.1, 0.15) is 76.0 Å². The van der Waals surface area contributed by atoms with Crippen LogP contribution < -0.4 is 0 Å². The minimum Gasteiger partial charge on any atom is -0.395 e. The Balaban J connectivity index is 2.47. The fraction of sp³-hybridized carbons (Fsp3) is 0.406. The summed E-state index contributed by atoms with van der Waals surface area (Å²) in [4.78, 5) is 14.7. The fourth-order valence-corrected chi connectivity index (χ4v) is 8.20. The van der Waals surface area contributed by atoms with Gasteiger partial charge in [0, 0.05) is 14.7 Å². The third-order valence-corrected chi connectivity index (χ3v) is 9.96. The van der Waals surface area contributed by atoms with Crippen molar-refractivity contribution in [2.24, 2.45) is 0 Å². The molecule has 0 bridgehead atoms. The van der Waals surface area contributed by atoms with E-state index >= 15 is 0 Å². The largest absolute Gasteiger partial charge is 0.491 e. The van der Waals surface area contributed by atoms with Gasteiger partial charge in [0.2, 0.25) is 0 Å². The molecule has 0 N–H and O–H groups in total. The fourth-order valence-electron chi connectivity index (χ4n) is 4.72. The number of hydrogen-bond acceptors (Lipinski definition) is 2. The number of benzene rings is 3. The number of rotatable bonds is 13. The Morgan fingerprint density at radius 1 is 0.711 bits per heavy atom. The summed E-state index contributed by atoms with van der Waals surface area (Å²) >= 11 is 0. The number of alkyl halides is 3. The van der Waals surface area contributed by atoms with Gasteiger partial charge in [-0.3, -0.25) is 0 Å². The molecule has 0 saturated heterocycles. The van der Waals surface area contributed by atoms with E-state index in [0.29, 0.717) is 22.6 Å². The van der Waals surface area contributed by atoms with Crippen LogP contribution in [-0.2, 0) is 28.2 Å². The van der Waals surface area contributed by atoms with Crippen molar-refractivity contribution in [2.75, 3.05) is 0 Å². The number of aryl methyl sites for hydroxylation is 3. The van der Waals surface area contributed by atoms with Crippen molar-refractivity contribution in [1.29, 1.82) is 0 Å². The van der Waals surface area contributed by atoms with E-state index in [-0.39, 0.29) is 0 Å². The van der Waals surface area contributed by atoms with E-state index in [0.717, 1.165) is 61.0 Å². The molecule has 3 aromatic carbocycles. The number of carbonyl (C=O) groups excluding carboxylic acids is 1. The van der Waals surface area contributed by atoms with E-state index < -0.39 is 22.5 Å². The van der Waals surface area contributed by atoms with Gasteiger partial charge in [-0.25, -0.2) is 4.79 Å². The Kier molecular flexibility index (Phi) is 10.9. The maximum Gasteiger partial charge on any atom is 0.491 e. The van der Waals surface area contributed by atoms with Gasteiger partial charge in [-0.2, -0.15) is 13.2 Å². The van der Waals surface area contributed by atoms with E-state index in [4.69, 9.17) is 4.18 Å². The molecule has 0 aliphatic rings. The van der Waals surface area contributed by atoms with Crippen LogP contribution in [0.5, 0.6) is 0 Å². The molecule has 0 atom stereocenters. The number of carbonyl (C=O) groups is 1. The van der Waals surface area contributed by atoms with Crippen molar-refractivity contribution in [3.8, 4) is 0 Å². The lowest BCUT2D eigenvalue weighted by atomic mass is 9.96. The SMILES string of the molecule is CCCCc1cc(CCCC)c(S(OC(=O)C(F)(F)F)(c2ccccc2)c2ccccc2)c(CCCC)c1. The van der Waals surface area contributed by atoms with Gasteiger partial charge in [0.1, 0.15) is 0 Å². The van der Waals surface area contributed by atoms with Gasteiger partial charge in [-0.05, 0) is 89.8 Å². The lowest BCUT2D eigenvalue weighted by Gasteiger charge is -2.42. The first kappa shape index (κ1) is 29.8. The van der Waals surface area contributed by atoms with E-state index in [1.54, 1.807) is 48.5 Å². The molecule has 0 aromatic heterocycles. The molecule has 0 saturated carbocycles. The average molecular weight is 545 g/mol. The monoisotopic (exact) mass is 544 g/mol. The van der Waals surface area contributed by atoms with Crippen molar-refractivity contribution >= 4 is 16.3 Å². The third-order valence-electron chi connectivity index (χ3n) is 6.59. The second kappa shape index (κ2) is 13.9. The van der Waals surface area contributed by atoms with Crippen LogP contribution >= 0.6 is 10.3 Å². The van der Waals surface area contributed by atoms with Crippen LogP contribution in [0.2, 0.25) is 0 Å². The molecule has 0 radical (unpaired) electrons. The molecule has 0 aliphatic heterocycles. The Bertz CT molecular complexity index is 1090. The summed E-state index contributed by atoms with van der Waals surface area (Å²) in [5.74, 6) is -2.15. The zero-order valence-electron chi connectivity index (χ0n) is 22.7. The molecule has 0 spiro atoms. The maximum absolute atomic E-state index is 13.9. The van der Waals surface area contributed by atoms with Gasteiger partial charge < -0.3 is 4.18 Å². The summed E-state index contributed by atoms with van der Waals surface area (Å²) < 4.78 is 47.5. The van der Waals surface area contributed by atoms with E-state index in [9.17, 15) is 18.0 Å². The van der Waals surface area contributed by atoms with Crippen molar-refractivity contribution < 1.29 is 22.1 Å².